The number of benzene rings is 1. The lowest BCUT2D eigenvalue weighted by Crippen LogP contribution is -2.39. The highest BCUT2D eigenvalue weighted by molar-refractivity contribution is 5.19. The third kappa shape index (κ3) is 3.30. The number of ether oxygens (including phenoxy) is 1. The first-order valence-electron chi connectivity index (χ1n) is 6.66. The van der Waals surface area contributed by atoms with Gasteiger partial charge in [-0.2, -0.15) is 0 Å². The van der Waals surface area contributed by atoms with Crippen molar-refractivity contribution in [3.63, 3.8) is 0 Å². The van der Waals surface area contributed by atoms with Crippen LogP contribution in [0.5, 0.6) is 0 Å². The third-order valence-electron chi connectivity index (χ3n) is 3.59. The fraction of sp³-hybridized carbons (Fsp3) is 0.600. The zero-order valence-corrected chi connectivity index (χ0v) is 11.2. The Morgan fingerprint density at radius 2 is 2.17 bits per heavy atom. The normalized spacial score (nSPS) is 23.8. The van der Waals surface area contributed by atoms with E-state index in [0.29, 0.717) is 6.04 Å². The molecule has 0 bridgehead atoms. The van der Waals surface area contributed by atoms with Crippen LogP contribution < -0.4 is 5.32 Å². The molecule has 2 rings (SSSR count). The highest BCUT2D eigenvalue weighted by atomic mass is 19.1. The number of hydrogen-bond donors (Lipinski definition) is 1. The SMILES string of the molecule is CC(C)NCC1(Cc2ccccc2F)CCOC1. The second-order valence-electron chi connectivity index (χ2n) is 5.61. The minimum Gasteiger partial charge on any atom is -0.381 e. The van der Waals surface area contributed by atoms with Crippen molar-refractivity contribution in [1.29, 1.82) is 0 Å². The van der Waals surface area contributed by atoms with Crippen LogP contribution in [0.25, 0.3) is 0 Å². The molecule has 1 heterocycles. The molecule has 0 aliphatic carbocycles. The summed E-state index contributed by atoms with van der Waals surface area (Å²) >= 11 is 0. The lowest BCUT2D eigenvalue weighted by molar-refractivity contribution is 0.147. The molecule has 3 heteroatoms. The molecule has 1 aromatic carbocycles. The van der Waals surface area contributed by atoms with Crippen molar-refractivity contribution in [2.45, 2.75) is 32.7 Å². The molecule has 0 radical (unpaired) electrons. The summed E-state index contributed by atoms with van der Waals surface area (Å²) in [5.74, 6) is -0.103. The van der Waals surface area contributed by atoms with Crippen LogP contribution in [0.2, 0.25) is 0 Å². The van der Waals surface area contributed by atoms with Gasteiger partial charge in [-0.3, -0.25) is 0 Å². The van der Waals surface area contributed by atoms with E-state index in [0.717, 1.165) is 38.2 Å². The molecule has 1 atom stereocenters. The van der Waals surface area contributed by atoms with E-state index < -0.39 is 0 Å². The Labute approximate surface area is 109 Å². The molecule has 1 saturated heterocycles. The molecule has 2 nitrogen and oxygen atoms in total. The minimum atomic E-state index is -0.103. The first-order valence-corrected chi connectivity index (χ1v) is 6.66. The van der Waals surface area contributed by atoms with E-state index in [1.54, 1.807) is 6.07 Å². The van der Waals surface area contributed by atoms with Crippen molar-refractivity contribution in [2.75, 3.05) is 19.8 Å². The molecule has 18 heavy (non-hydrogen) atoms. The van der Waals surface area contributed by atoms with Gasteiger partial charge in [0.1, 0.15) is 5.82 Å². The van der Waals surface area contributed by atoms with Crippen molar-refractivity contribution in [3.8, 4) is 0 Å². The van der Waals surface area contributed by atoms with Crippen LogP contribution in [0.4, 0.5) is 4.39 Å². The average Bonchev–Trinajstić information content (AvgIpc) is 2.79. The Morgan fingerprint density at radius 1 is 1.39 bits per heavy atom. The van der Waals surface area contributed by atoms with Crippen molar-refractivity contribution in [3.05, 3.63) is 35.6 Å². The minimum absolute atomic E-state index is 0.0481. The zero-order valence-electron chi connectivity index (χ0n) is 11.2. The van der Waals surface area contributed by atoms with Gasteiger partial charge in [-0.1, -0.05) is 32.0 Å². The Hall–Kier alpha value is -0.930. The summed E-state index contributed by atoms with van der Waals surface area (Å²) in [5.41, 5.74) is 0.848. The van der Waals surface area contributed by atoms with Gasteiger partial charge < -0.3 is 10.1 Å². The Balaban J connectivity index is 2.08. The number of hydrogen-bond acceptors (Lipinski definition) is 2. The van der Waals surface area contributed by atoms with Gasteiger partial charge in [-0.05, 0) is 24.5 Å². The van der Waals surface area contributed by atoms with Crippen LogP contribution in [-0.4, -0.2) is 25.8 Å². The van der Waals surface area contributed by atoms with E-state index in [4.69, 9.17) is 4.74 Å². The molecule has 1 aliphatic rings. The van der Waals surface area contributed by atoms with E-state index in [9.17, 15) is 4.39 Å². The summed E-state index contributed by atoms with van der Waals surface area (Å²) < 4.78 is 19.3. The van der Waals surface area contributed by atoms with Crippen LogP contribution in [-0.2, 0) is 11.2 Å². The molecule has 1 fully saturated rings. The quantitative estimate of drug-likeness (QED) is 0.869. The fourth-order valence-corrected chi connectivity index (χ4v) is 2.46. The topological polar surface area (TPSA) is 21.3 Å². The second-order valence-corrected chi connectivity index (χ2v) is 5.61. The van der Waals surface area contributed by atoms with Crippen LogP contribution in [0, 0.1) is 11.2 Å². The van der Waals surface area contributed by atoms with Gasteiger partial charge in [0, 0.05) is 24.6 Å². The Bertz CT molecular complexity index is 386. The summed E-state index contributed by atoms with van der Waals surface area (Å²) in [6.45, 7) is 6.66. The summed E-state index contributed by atoms with van der Waals surface area (Å²) in [4.78, 5) is 0. The molecule has 1 N–H and O–H groups in total. The number of nitrogens with one attached hydrogen (secondary N) is 1. The molecule has 0 saturated carbocycles. The fourth-order valence-electron chi connectivity index (χ4n) is 2.46. The average molecular weight is 251 g/mol. The largest absolute Gasteiger partial charge is 0.381 e. The van der Waals surface area contributed by atoms with Gasteiger partial charge in [0.05, 0.1) is 6.61 Å². The van der Waals surface area contributed by atoms with Gasteiger partial charge in [0.2, 0.25) is 0 Å². The summed E-state index contributed by atoms with van der Waals surface area (Å²) in [5, 5.41) is 3.47. The van der Waals surface area contributed by atoms with E-state index in [2.05, 4.69) is 19.2 Å². The molecule has 0 amide bonds. The van der Waals surface area contributed by atoms with Gasteiger partial charge in [-0.15, -0.1) is 0 Å². The molecule has 1 aromatic rings. The third-order valence-corrected chi connectivity index (χ3v) is 3.59. The molecule has 100 valence electrons. The van der Waals surface area contributed by atoms with Crippen molar-refractivity contribution >= 4 is 0 Å². The van der Waals surface area contributed by atoms with Gasteiger partial charge in [0.15, 0.2) is 0 Å². The highest BCUT2D eigenvalue weighted by Gasteiger charge is 2.35. The van der Waals surface area contributed by atoms with Crippen LogP contribution in [0.15, 0.2) is 24.3 Å². The maximum absolute atomic E-state index is 13.8. The zero-order chi connectivity index (χ0) is 13.0. The van der Waals surface area contributed by atoms with Crippen molar-refractivity contribution in [2.24, 2.45) is 5.41 Å². The van der Waals surface area contributed by atoms with Crippen molar-refractivity contribution in [1.82, 2.24) is 5.32 Å². The summed E-state index contributed by atoms with van der Waals surface area (Å²) in [6.07, 6.45) is 1.75. The first kappa shape index (κ1) is 13.5. The monoisotopic (exact) mass is 251 g/mol. The Morgan fingerprint density at radius 3 is 2.78 bits per heavy atom. The number of halogens is 1. The second kappa shape index (κ2) is 5.81. The smallest absolute Gasteiger partial charge is 0.126 e. The van der Waals surface area contributed by atoms with Gasteiger partial charge in [-0.25, -0.2) is 4.39 Å². The molecule has 1 unspecified atom stereocenters. The van der Waals surface area contributed by atoms with Crippen LogP contribution >= 0.6 is 0 Å². The van der Waals surface area contributed by atoms with Gasteiger partial charge in [0.25, 0.3) is 0 Å². The lowest BCUT2D eigenvalue weighted by Gasteiger charge is -2.29. The predicted octanol–water partition coefficient (Wildman–Crippen LogP) is 2.77. The first-order chi connectivity index (χ1) is 8.61. The van der Waals surface area contributed by atoms with E-state index in [1.165, 1.54) is 6.07 Å². The molecular formula is C15H22FNO. The Kier molecular flexibility index (Phi) is 4.36. The maximum atomic E-state index is 13.8. The van der Waals surface area contributed by atoms with E-state index >= 15 is 0 Å². The molecule has 1 aliphatic heterocycles. The maximum Gasteiger partial charge on any atom is 0.126 e. The standard InChI is InChI=1S/C15H22FNO/c1-12(2)17-10-15(7-8-18-11-15)9-13-5-3-4-6-14(13)16/h3-6,12,17H,7-11H2,1-2H3. The van der Waals surface area contributed by atoms with Crippen molar-refractivity contribution < 1.29 is 9.13 Å². The molecular weight excluding hydrogens is 229 g/mol. The van der Waals surface area contributed by atoms with E-state index in [1.807, 2.05) is 12.1 Å². The molecule has 0 aromatic heterocycles. The number of rotatable bonds is 5. The highest BCUT2D eigenvalue weighted by Crippen LogP contribution is 2.32. The van der Waals surface area contributed by atoms with Crippen LogP contribution in [0.1, 0.15) is 25.8 Å². The van der Waals surface area contributed by atoms with E-state index in [-0.39, 0.29) is 11.2 Å². The lowest BCUT2D eigenvalue weighted by atomic mass is 9.80. The predicted molar refractivity (Wildman–Crippen MR) is 71.1 cm³/mol. The summed E-state index contributed by atoms with van der Waals surface area (Å²) in [6, 6.07) is 7.50. The molecule has 0 spiro atoms. The van der Waals surface area contributed by atoms with Crippen LogP contribution in [0.3, 0.4) is 0 Å². The van der Waals surface area contributed by atoms with Gasteiger partial charge >= 0.3 is 0 Å². The summed E-state index contributed by atoms with van der Waals surface area (Å²) in [7, 11) is 0.